The average molecular weight is 399 g/mol. The van der Waals surface area contributed by atoms with Gasteiger partial charge in [-0.25, -0.2) is 0 Å². The number of halogens is 1. The summed E-state index contributed by atoms with van der Waals surface area (Å²) < 4.78 is 0. The molecule has 3 aromatic rings. The number of amides is 2. The lowest BCUT2D eigenvalue weighted by Crippen LogP contribution is -2.27. The quantitative estimate of drug-likeness (QED) is 0.603. The molecule has 3 rings (SSSR count). The second-order valence-corrected chi connectivity index (χ2v) is 7.54. The highest BCUT2D eigenvalue weighted by Crippen LogP contribution is 2.27. The molecule has 0 saturated carbocycles. The molecule has 7 heteroatoms. The van der Waals surface area contributed by atoms with E-state index >= 15 is 0 Å². The smallest absolute Gasteiger partial charge is 0.272 e. The summed E-state index contributed by atoms with van der Waals surface area (Å²) in [6, 6.07) is 11.0. The van der Waals surface area contributed by atoms with Crippen molar-refractivity contribution in [1.29, 1.82) is 0 Å². The van der Waals surface area contributed by atoms with Crippen LogP contribution in [0.25, 0.3) is 10.9 Å². The second-order valence-electron chi connectivity index (χ2n) is 7.10. The van der Waals surface area contributed by atoms with Crippen molar-refractivity contribution in [2.24, 2.45) is 0 Å². The Bertz CT molecular complexity index is 1060. The topological polar surface area (TPSA) is 77.2 Å². The fourth-order valence-corrected chi connectivity index (χ4v) is 3.23. The number of hydrogen-bond donors (Lipinski definition) is 3. The molecule has 0 unspecified atom stereocenters. The van der Waals surface area contributed by atoms with Crippen LogP contribution in [0.5, 0.6) is 0 Å². The van der Waals surface area contributed by atoms with E-state index in [0.29, 0.717) is 22.1 Å². The largest absolute Gasteiger partial charge is 0.350 e. The van der Waals surface area contributed by atoms with Gasteiger partial charge in [0.25, 0.3) is 5.91 Å². The SMILES string of the molecule is Cc1ccc(NC(=O)CN(C)C)c(NC(=O)c2[nH]c3ccc(Cl)cc3c2C)c1. The average Bonchev–Trinajstić information content (AvgIpc) is 2.93. The van der Waals surface area contributed by atoms with Crippen LogP contribution in [0.4, 0.5) is 11.4 Å². The van der Waals surface area contributed by atoms with Crippen LogP contribution in [0.2, 0.25) is 5.02 Å². The highest BCUT2D eigenvalue weighted by Gasteiger charge is 2.17. The second kappa shape index (κ2) is 8.04. The minimum atomic E-state index is -0.279. The van der Waals surface area contributed by atoms with Crippen molar-refractivity contribution >= 4 is 45.7 Å². The lowest BCUT2D eigenvalue weighted by molar-refractivity contribution is -0.116. The van der Waals surface area contributed by atoms with E-state index in [-0.39, 0.29) is 18.4 Å². The van der Waals surface area contributed by atoms with E-state index in [1.165, 1.54) is 0 Å². The van der Waals surface area contributed by atoms with Crippen LogP contribution in [-0.2, 0) is 4.79 Å². The molecule has 1 heterocycles. The molecule has 0 radical (unpaired) electrons. The number of nitrogens with one attached hydrogen (secondary N) is 3. The molecule has 0 bridgehead atoms. The molecule has 0 aliphatic rings. The summed E-state index contributed by atoms with van der Waals surface area (Å²) in [5.74, 6) is -0.431. The zero-order valence-electron chi connectivity index (χ0n) is 16.3. The Balaban J connectivity index is 1.89. The Morgan fingerprint density at radius 2 is 1.79 bits per heavy atom. The van der Waals surface area contributed by atoms with Crippen molar-refractivity contribution in [2.45, 2.75) is 13.8 Å². The van der Waals surface area contributed by atoms with E-state index in [1.54, 1.807) is 17.0 Å². The molecule has 0 spiro atoms. The number of aryl methyl sites for hydroxylation is 2. The van der Waals surface area contributed by atoms with Gasteiger partial charge in [-0.3, -0.25) is 9.59 Å². The highest BCUT2D eigenvalue weighted by molar-refractivity contribution is 6.31. The van der Waals surface area contributed by atoms with Gasteiger partial charge in [-0.1, -0.05) is 17.7 Å². The predicted molar refractivity (Wildman–Crippen MR) is 114 cm³/mol. The number of carbonyl (C=O) groups is 2. The van der Waals surface area contributed by atoms with Crippen LogP contribution >= 0.6 is 11.6 Å². The maximum Gasteiger partial charge on any atom is 0.272 e. The molecule has 0 saturated heterocycles. The van der Waals surface area contributed by atoms with Crippen LogP contribution < -0.4 is 10.6 Å². The number of anilines is 2. The molecule has 3 N–H and O–H groups in total. The summed E-state index contributed by atoms with van der Waals surface area (Å²) in [4.78, 5) is 30.0. The number of fused-ring (bicyclic) bond motifs is 1. The van der Waals surface area contributed by atoms with Crippen LogP contribution in [0.1, 0.15) is 21.6 Å². The standard InChI is InChI=1S/C21H23ClN4O2/c1-12-5-7-17(23-19(27)11-26(3)4)18(9-12)25-21(28)20-13(2)15-10-14(22)6-8-16(15)24-20/h5-10,24H,11H2,1-4H3,(H,23,27)(H,25,28). The van der Waals surface area contributed by atoms with Gasteiger partial charge in [0.15, 0.2) is 0 Å². The van der Waals surface area contributed by atoms with Crippen LogP contribution in [-0.4, -0.2) is 42.3 Å². The molecule has 0 atom stereocenters. The third-order valence-electron chi connectivity index (χ3n) is 4.40. The zero-order chi connectivity index (χ0) is 20.4. The molecule has 28 heavy (non-hydrogen) atoms. The third kappa shape index (κ3) is 4.35. The van der Waals surface area contributed by atoms with Gasteiger partial charge < -0.3 is 20.5 Å². The van der Waals surface area contributed by atoms with Crippen molar-refractivity contribution in [3.8, 4) is 0 Å². The molecule has 2 amide bonds. The number of H-pyrrole nitrogens is 1. The van der Waals surface area contributed by atoms with Crippen molar-refractivity contribution in [3.63, 3.8) is 0 Å². The first-order valence-corrected chi connectivity index (χ1v) is 9.27. The summed E-state index contributed by atoms with van der Waals surface area (Å²) in [6.07, 6.45) is 0. The van der Waals surface area contributed by atoms with E-state index in [2.05, 4.69) is 15.6 Å². The maximum atomic E-state index is 12.9. The van der Waals surface area contributed by atoms with Crippen LogP contribution in [0.15, 0.2) is 36.4 Å². The lowest BCUT2D eigenvalue weighted by Gasteiger charge is -2.15. The van der Waals surface area contributed by atoms with Crippen molar-refractivity contribution in [3.05, 3.63) is 58.2 Å². The normalized spacial score (nSPS) is 11.1. The van der Waals surface area contributed by atoms with Crippen LogP contribution in [0, 0.1) is 13.8 Å². The number of rotatable bonds is 5. The van der Waals surface area contributed by atoms with Crippen molar-refractivity contribution in [2.75, 3.05) is 31.3 Å². The van der Waals surface area contributed by atoms with E-state index in [0.717, 1.165) is 22.0 Å². The summed E-state index contributed by atoms with van der Waals surface area (Å²) in [5.41, 5.74) is 4.21. The van der Waals surface area contributed by atoms with Gasteiger partial charge in [0, 0.05) is 15.9 Å². The molecule has 146 valence electrons. The molecular weight excluding hydrogens is 376 g/mol. The van der Waals surface area contributed by atoms with E-state index in [9.17, 15) is 9.59 Å². The Kier molecular flexibility index (Phi) is 5.72. The van der Waals surface area contributed by atoms with Gasteiger partial charge in [0.1, 0.15) is 5.69 Å². The molecule has 0 fully saturated rings. The molecule has 6 nitrogen and oxygen atoms in total. The fraction of sp³-hybridized carbons (Fsp3) is 0.238. The van der Waals surface area contributed by atoms with Crippen molar-refractivity contribution < 1.29 is 9.59 Å². The Morgan fingerprint density at radius 3 is 2.50 bits per heavy atom. The van der Waals surface area contributed by atoms with Gasteiger partial charge in [-0.15, -0.1) is 0 Å². The van der Waals surface area contributed by atoms with Gasteiger partial charge >= 0.3 is 0 Å². The molecule has 2 aromatic carbocycles. The summed E-state index contributed by atoms with van der Waals surface area (Å²) >= 11 is 6.07. The Morgan fingerprint density at radius 1 is 1.04 bits per heavy atom. The summed E-state index contributed by atoms with van der Waals surface area (Å²) in [6.45, 7) is 4.06. The van der Waals surface area contributed by atoms with Gasteiger partial charge in [0.2, 0.25) is 5.91 Å². The minimum Gasteiger partial charge on any atom is -0.350 e. The molecule has 1 aromatic heterocycles. The number of aromatic amines is 1. The number of hydrogen-bond acceptors (Lipinski definition) is 3. The fourth-order valence-electron chi connectivity index (χ4n) is 3.06. The number of nitrogens with zero attached hydrogens (tertiary/aromatic N) is 1. The molecular formula is C21H23ClN4O2. The lowest BCUT2D eigenvalue weighted by atomic mass is 10.1. The third-order valence-corrected chi connectivity index (χ3v) is 4.64. The number of carbonyl (C=O) groups excluding carboxylic acids is 2. The Labute approximate surface area is 168 Å². The first-order valence-electron chi connectivity index (χ1n) is 8.89. The molecule has 0 aliphatic carbocycles. The van der Waals surface area contributed by atoms with Gasteiger partial charge in [0.05, 0.1) is 17.9 Å². The van der Waals surface area contributed by atoms with E-state index in [4.69, 9.17) is 11.6 Å². The number of likely N-dealkylation sites (N-methyl/N-ethyl adjacent to an activating group) is 1. The van der Waals surface area contributed by atoms with Crippen LogP contribution in [0.3, 0.4) is 0 Å². The number of benzene rings is 2. The maximum absolute atomic E-state index is 12.9. The highest BCUT2D eigenvalue weighted by atomic mass is 35.5. The zero-order valence-corrected chi connectivity index (χ0v) is 17.1. The molecule has 0 aliphatic heterocycles. The predicted octanol–water partition coefficient (Wildman–Crippen LogP) is 4.19. The summed E-state index contributed by atoms with van der Waals surface area (Å²) in [7, 11) is 3.64. The monoisotopic (exact) mass is 398 g/mol. The van der Waals surface area contributed by atoms with E-state index < -0.39 is 0 Å². The Hall–Kier alpha value is -2.83. The first-order chi connectivity index (χ1) is 13.2. The minimum absolute atomic E-state index is 0.152. The summed E-state index contributed by atoms with van der Waals surface area (Å²) in [5, 5.41) is 7.28. The van der Waals surface area contributed by atoms with E-state index in [1.807, 2.05) is 52.2 Å². The first kappa shape index (κ1) is 19.9. The van der Waals surface area contributed by atoms with Crippen molar-refractivity contribution in [1.82, 2.24) is 9.88 Å². The van der Waals surface area contributed by atoms with Gasteiger partial charge in [-0.05, 0) is 69.4 Å². The number of aromatic nitrogens is 1. The van der Waals surface area contributed by atoms with Gasteiger partial charge in [-0.2, -0.15) is 0 Å².